The number of amides is 1. The predicted molar refractivity (Wildman–Crippen MR) is 101 cm³/mol. The van der Waals surface area contributed by atoms with Gasteiger partial charge in [0.15, 0.2) is 0 Å². The maximum absolute atomic E-state index is 11.8. The molecule has 2 unspecified atom stereocenters. The Kier molecular flexibility index (Phi) is 4.01. The van der Waals surface area contributed by atoms with Crippen molar-refractivity contribution in [3.8, 4) is 12.3 Å². The normalized spacial score (nSPS) is 25.7. The number of rotatable bonds is 2. The number of nitrogens with one attached hydrogen (secondary N) is 1. The molecular weight excluding hydrogens is 342 g/mol. The molecule has 3 fully saturated rings. The quantitative estimate of drug-likeness (QED) is 0.814. The number of carbonyl (C=O) groups excluding carboxylic acids is 1. The van der Waals surface area contributed by atoms with Gasteiger partial charge < -0.3 is 19.5 Å². The molecule has 5 heterocycles. The van der Waals surface area contributed by atoms with Crippen molar-refractivity contribution in [2.24, 2.45) is 11.8 Å². The Morgan fingerprint density at radius 1 is 1.19 bits per heavy atom. The zero-order valence-corrected chi connectivity index (χ0v) is 15.2. The Balaban J connectivity index is 1.43. The summed E-state index contributed by atoms with van der Waals surface area (Å²) in [5, 5.41) is 1.15. The van der Waals surface area contributed by atoms with Gasteiger partial charge in [0, 0.05) is 57.4 Å². The minimum absolute atomic E-state index is 0.187. The molecule has 140 valence electrons. The van der Waals surface area contributed by atoms with Gasteiger partial charge in [0.05, 0.1) is 5.39 Å². The van der Waals surface area contributed by atoms with Gasteiger partial charge in [-0.25, -0.2) is 9.97 Å². The first-order valence-electron chi connectivity index (χ1n) is 9.64. The molecule has 7 heteroatoms. The Morgan fingerprint density at radius 3 is 2.63 bits per heavy atom. The predicted octanol–water partition coefficient (Wildman–Crippen LogP) is 1.38. The van der Waals surface area contributed by atoms with Gasteiger partial charge in [-0.1, -0.05) is 0 Å². The number of terminal acetylenes is 1. The van der Waals surface area contributed by atoms with Crippen molar-refractivity contribution in [3.05, 3.63) is 18.1 Å². The standard InChI is InChI=1S/C20H23N5O2/c1-2-17(26)24-8-14-10-25(11-15(14)9-24)20-18-16(13-3-5-27-6-4-13)7-21-19(18)22-12-23-20/h1,7,12-15H,3-6,8-11H2,(H,21,22,23). The van der Waals surface area contributed by atoms with Crippen LogP contribution in [0.15, 0.2) is 12.5 Å². The van der Waals surface area contributed by atoms with Crippen molar-refractivity contribution in [3.63, 3.8) is 0 Å². The van der Waals surface area contributed by atoms with Crippen LogP contribution < -0.4 is 4.90 Å². The van der Waals surface area contributed by atoms with Crippen LogP contribution in [-0.2, 0) is 9.53 Å². The van der Waals surface area contributed by atoms with Crippen molar-refractivity contribution < 1.29 is 9.53 Å². The van der Waals surface area contributed by atoms with Crippen LogP contribution in [0, 0.1) is 24.2 Å². The van der Waals surface area contributed by atoms with Gasteiger partial charge in [-0.3, -0.25) is 4.79 Å². The Bertz CT molecular complexity index is 897. The summed E-state index contributed by atoms with van der Waals surface area (Å²) in [6.07, 6.45) is 11.1. The highest BCUT2D eigenvalue weighted by Crippen LogP contribution is 2.39. The van der Waals surface area contributed by atoms with Crippen molar-refractivity contribution in [2.45, 2.75) is 18.8 Å². The second kappa shape index (κ2) is 6.54. The van der Waals surface area contributed by atoms with Crippen molar-refractivity contribution in [2.75, 3.05) is 44.3 Å². The summed E-state index contributed by atoms with van der Waals surface area (Å²) < 4.78 is 5.53. The molecule has 3 aliphatic heterocycles. The molecule has 0 aromatic carbocycles. The zero-order valence-electron chi connectivity index (χ0n) is 15.2. The number of aromatic nitrogens is 3. The first-order chi connectivity index (χ1) is 13.2. The minimum Gasteiger partial charge on any atom is -0.381 e. The van der Waals surface area contributed by atoms with Crippen LogP contribution in [-0.4, -0.2) is 65.2 Å². The second-order valence-electron chi connectivity index (χ2n) is 7.83. The fourth-order valence-corrected chi connectivity index (χ4v) is 4.96. The summed E-state index contributed by atoms with van der Waals surface area (Å²) in [5.74, 6) is 4.48. The first kappa shape index (κ1) is 16.6. The van der Waals surface area contributed by atoms with Crippen LogP contribution >= 0.6 is 0 Å². The number of anilines is 1. The highest BCUT2D eigenvalue weighted by molar-refractivity contribution is 5.93. The highest BCUT2D eigenvalue weighted by Gasteiger charge is 2.42. The van der Waals surface area contributed by atoms with Crippen molar-refractivity contribution >= 4 is 22.8 Å². The molecule has 3 aliphatic rings. The smallest absolute Gasteiger partial charge is 0.298 e. The average molecular weight is 365 g/mol. The molecule has 2 atom stereocenters. The molecule has 3 saturated heterocycles. The van der Waals surface area contributed by atoms with Gasteiger partial charge in [0.2, 0.25) is 0 Å². The maximum atomic E-state index is 11.8. The van der Waals surface area contributed by atoms with E-state index in [9.17, 15) is 4.79 Å². The van der Waals surface area contributed by atoms with Gasteiger partial charge >= 0.3 is 0 Å². The van der Waals surface area contributed by atoms with Crippen molar-refractivity contribution in [1.29, 1.82) is 0 Å². The fourth-order valence-electron chi connectivity index (χ4n) is 4.96. The van der Waals surface area contributed by atoms with Gasteiger partial charge in [0.1, 0.15) is 17.8 Å². The van der Waals surface area contributed by atoms with E-state index in [-0.39, 0.29) is 5.91 Å². The molecular formula is C20H23N5O2. The lowest BCUT2D eigenvalue weighted by atomic mass is 9.92. The minimum atomic E-state index is -0.187. The van der Waals surface area contributed by atoms with Crippen molar-refractivity contribution in [1.82, 2.24) is 19.9 Å². The molecule has 0 saturated carbocycles. The number of nitrogens with zero attached hydrogens (tertiary/aromatic N) is 4. The van der Waals surface area contributed by atoms with E-state index in [2.05, 4.69) is 32.0 Å². The van der Waals surface area contributed by atoms with Crippen LogP contribution in [0.2, 0.25) is 0 Å². The fraction of sp³-hybridized carbons (Fsp3) is 0.550. The Morgan fingerprint density at radius 2 is 1.93 bits per heavy atom. The number of carbonyl (C=O) groups is 1. The molecule has 0 radical (unpaired) electrons. The highest BCUT2D eigenvalue weighted by atomic mass is 16.5. The Hall–Kier alpha value is -2.59. The third-order valence-electron chi connectivity index (χ3n) is 6.34. The number of hydrogen-bond acceptors (Lipinski definition) is 5. The van der Waals surface area contributed by atoms with Crippen LogP contribution in [0.1, 0.15) is 24.3 Å². The van der Waals surface area contributed by atoms with E-state index in [4.69, 9.17) is 11.2 Å². The largest absolute Gasteiger partial charge is 0.381 e. The molecule has 27 heavy (non-hydrogen) atoms. The summed E-state index contributed by atoms with van der Waals surface area (Å²) in [5.41, 5.74) is 2.22. The summed E-state index contributed by atoms with van der Waals surface area (Å²) in [4.78, 5) is 28.4. The number of hydrogen-bond donors (Lipinski definition) is 1. The summed E-state index contributed by atoms with van der Waals surface area (Å²) in [6.45, 7) is 4.93. The van der Waals surface area contributed by atoms with Crippen LogP contribution in [0.5, 0.6) is 0 Å². The van der Waals surface area contributed by atoms with E-state index in [0.717, 1.165) is 69.1 Å². The molecule has 7 nitrogen and oxygen atoms in total. The topological polar surface area (TPSA) is 74.4 Å². The van der Waals surface area contributed by atoms with E-state index in [1.165, 1.54) is 5.56 Å². The van der Waals surface area contributed by atoms with E-state index >= 15 is 0 Å². The van der Waals surface area contributed by atoms with E-state index in [0.29, 0.717) is 17.8 Å². The maximum Gasteiger partial charge on any atom is 0.298 e. The third kappa shape index (κ3) is 2.76. The molecule has 0 spiro atoms. The third-order valence-corrected chi connectivity index (χ3v) is 6.34. The zero-order chi connectivity index (χ0) is 18.4. The van der Waals surface area contributed by atoms with E-state index < -0.39 is 0 Å². The van der Waals surface area contributed by atoms with Gasteiger partial charge in [-0.2, -0.15) is 0 Å². The number of H-pyrrole nitrogens is 1. The second-order valence-corrected chi connectivity index (χ2v) is 7.83. The molecule has 5 rings (SSSR count). The monoisotopic (exact) mass is 365 g/mol. The first-order valence-corrected chi connectivity index (χ1v) is 9.64. The summed E-state index contributed by atoms with van der Waals surface area (Å²) in [7, 11) is 0. The van der Waals surface area contributed by atoms with Gasteiger partial charge in [0.25, 0.3) is 5.91 Å². The van der Waals surface area contributed by atoms with E-state index in [1.54, 1.807) is 6.33 Å². The van der Waals surface area contributed by atoms with Gasteiger partial charge in [-0.05, 0) is 30.2 Å². The molecule has 2 aromatic rings. The molecule has 0 bridgehead atoms. The average Bonchev–Trinajstić information content (AvgIpc) is 3.40. The number of aromatic amines is 1. The van der Waals surface area contributed by atoms with Crippen LogP contribution in [0.4, 0.5) is 5.82 Å². The number of ether oxygens (including phenoxy) is 1. The number of likely N-dealkylation sites (tertiary alicyclic amines) is 1. The van der Waals surface area contributed by atoms with Crippen LogP contribution in [0.25, 0.3) is 11.0 Å². The lowest BCUT2D eigenvalue weighted by Gasteiger charge is -2.25. The molecule has 2 aromatic heterocycles. The molecule has 0 aliphatic carbocycles. The summed E-state index contributed by atoms with van der Waals surface area (Å²) >= 11 is 0. The van der Waals surface area contributed by atoms with E-state index in [1.807, 2.05) is 4.90 Å². The Labute approximate surface area is 158 Å². The lowest BCUT2D eigenvalue weighted by molar-refractivity contribution is -0.124. The lowest BCUT2D eigenvalue weighted by Crippen LogP contribution is -2.32. The van der Waals surface area contributed by atoms with Gasteiger partial charge in [-0.15, -0.1) is 6.42 Å². The molecule has 1 amide bonds. The molecule has 1 N–H and O–H groups in total. The number of fused-ring (bicyclic) bond motifs is 2. The van der Waals surface area contributed by atoms with Crippen LogP contribution in [0.3, 0.4) is 0 Å². The SMILES string of the molecule is C#CC(=O)N1CC2CN(c3ncnc4[nH]cc(C5CCOCC5)c34)CC2C1. The summed E-state index contributed by atoms with van der Waals surface area (Å²) in [6, 6.07) is 0.